The average Bonchev–Trinajstić information content (AvgIpc) is 4.14. The summed E-state index contributed by atoms with van der Waals surface area (Å²) in [4.78, 5) is 4.70. The first-order valence-electron chi connectivity index (χ1n) is 21.4. The van der Waals surface area contributed by atoms with Crippen LogP contribution in [0.1, 0.15) is 24.0 Å². The molecule has 0 aliphatic heterocycles. The van der Waals surface area contributed by atoms with Crippen LogP contribution < -0.4 is 9.80 Å². The van der Waals surface area contributed by atoms with Crippen molar-refractivity contribution in [3.8, 4) is 33.4 Å². The molecule has 288 valence electrons. The minimum absolute atomic E-state index is 0.0271. The average molecular weight is 779 g/mol. The molecular formula is C59H42N2. The van der Waals surface area contributed by atoms with Crippen molar-refractivity contribution in [2.24, 2.45) is 0 Å². The molecule has 0 N–H and O–H groups in total. The fourth-order valence-corrected chi connectivity index (χ4v) is 10.1. The van der Waals surface area contributed by atoms with Crippen LogP contribution in [0.2, 0.25) is 0 Å². The van der Waals surface area contributed by atoms with Crippen LogP contribution in [0.15, 0.2) is 231 Å². The SMILES string of the molecule is c1ccc(N(c2ccccc2)c2ccc(-c3ccc4c5c(cccc35)-c3ccc(-c5ccc(N(c6ccccc6)c6ccccc6)c6ccccc56)cc3C43CC3)cc2)cc1. The summed E-state index contributed by atoms with van der Waals surface area (Å²) >= 11 is 0. The summed E-state index contributed by atoms with van der Waals surface area (Å²) in [6.45, 7) is 0. The fraction of sp³-hybridized carbons (Fsp3) is 0.0508. The van der Waals surface area contributed by atoms with Gasteiger partial charge in [-0.05, 0) is 146 Å². The number of fused-ring (bicyclic) bond motifs is 5. The molecule has 0 aromatic heterocycles. The van der Waals surface area contributed by atoms with Gasteiger partial charge in [-0.15, -0.1) is 0 Å². The second kappa shape index (κ2) is 14.3. The van der Waals surface area contributed by atoms with E-state index in [4.69, 9.17) is 0 Å². The standard InChI is InChI=1S/C59H42N2/c1-5-16-43(17-6-1)60(44-18-7-2-8-19-44)47-31-28-41(29-32-47)48-34-36-55-58-53(48)26-15-27-54(58)51-33-30-42(40-56(51)59(55)38-39-59)49-35-37-57(52-25-14-13-24-50(49)52)61(45-20-9-3-10-21-45)46-22-11-4-12-23-46/h1-37,40H,38-39H2. The third kappa shape index (κ3) is 5.79. The second-order valence-electron chi connectivity index (χ2n) is 16.5. The van der Waals surface area contributed by atoms with E-state index in [0.717, 1.165) is 28.4 Å². The van der Waals surface area contributed by atoms with Gasteiger partial charge in [0.15, 0.2) is 0 Å². The molecule has 2 heteroatoms. The highest BCUT2D eigenvalue weighted by Gasteiger charge is 2.50. The van der Waals surface area contributed by atoms with Gasteiger partial charge in [-0.25, -0.2) is 0 Å². The first-order valence-corrected chi connectivity index (χ1v) is 21.4. The monoisotopic (exact) mass is 778 g/mol. The lowest BCUT2D eigenvalue weighted by molar-refractivity contribution is 0.854. The van der Waals surface area contributed by atoms with Gasteiger partial charge in [-0.3, -0.25) is 0 Å². The Labute approximate surface area is 357 Å². The Balaban J connectivity index is 0.947. The van der Waals surface area contributed by atoms with Crippen molar-refractivity contribution in [2.75, 3.05) is 9.80 Å². The molecule has 1 fully saturated rings. The van der Waals surface area contributed by atoms with Gasteiger partial charge in [0.05, 0.1) is 5.69 Å². The predicted molar refractivity (Wildman–Crippen MR) is 257 cm³/mol. The van der Waals surface area contributed by atoms with Crippen LogP contribution in [0.3, 0.4) is 0 Å². The van der Waals surface area contributed by atoms with Crippen molar-refractivity contribution < 1.29 is 0 Å². The summed E-state index contributed by atoms with van der Waals surface area (Å²) in [7, 11) is 0. The van der Waals surface area contributed by atoms with Gasteiger partial charge in [0.25, 0.3) is 0 Å². The number of benzene rings is 10. The molecule has 10 aromatic rings. The Bertz CT molecular complexity index is 3150. The van der Waals surface area contributed by atoms with E-state index in [0.29, 0.717) is 0 Å². The highest BCUT2D eigenvalue weighted by Crippen LogP contribution is 2.62. The molecule has 10 aromatic carbocycles. The zero-order valence-corrected chi connectivity index (χ0v) is 33.7. The van der Waals surface area contributed by atoms with Crippen LogP contribution in [0.5, 0.6) is 0 Å². The van der Waals surface area contributed by atoms with E-state index < -0.39 is 0 Å². The van der Waals surface area contributed by atoms with E-state index in [-0.39, 0.29) is 5.41 Å². The van der Waals surface area contributed by atoms with Gasteiger partial charge in [-0.1, -0.05) is 158 Å². The van der Waals surface area contributed by atoms with Gasteiger partial charge in [-0.2, -0.15) is 0 Å². The Morgan fingerprint density at radius 1 is 0.295 bits per heavy atom. The number of rotatable bonds is 8. The maximum absolute atomic E-state index is 2.52. The molecule has 1 spiro atoms. The third-order valence-corrected chi connectivity index (χ3v) is 13.1. The van der Waals surface area contributed by atoms with Crippen LogP contribution in [-0.4, -0.2) is 0 Å². The van der Waals surface area contributed by atoms with E-state index >= 15 is 0 Å². The molecule has 0 radical (unpaired) electrons. The Morgan fingerprint density at radius 3 is 1.38 bits per heavy atom. The van der Waals surface area contributed by atoms with Crippen molar-refractivity contribution in [1.29, 1.82) is 0 Å². The highest BCUT2D eigenvalue weighted by molar-refractivity contribution is 6.11. The fourth-order valence-electron chi connectivity index (χ4n) is 10.1. The van der Waals surface area contributed by atoms with Crippen molar-refractivity contribution in [3.63, 3.8) is 0 Å². The zero-order valence-electron chi connectivity index (χ0n) is 33.7. The first-order chi connectivity index (χ1) is 30.2. The predicted octanol–water partition coefficient (Wildman–Crippen LogP) is 16.3. The third-order valence-electron chi connectivity index (χ3n) is 13.1. The lowest BCUT2D eigenvalue weighted by atomic mass is 9.73. The Kier molecular flexibility index (Phi) is 8.24. The van der Waals surface area contributed by atoms with Crippen molar-refractivity contribution in [1.82, 2.24) is 0 Å². The molecule has 61 heavy (non-hydrogen) atoms. The molecule has 0 atom stereocenters. The molecule has 12 rings (SSSR count). The highest BCUT2D eigenvalue weighted by atomic mass is 15.1. The van der Waals surface area contributed by atoms with Gasteiger partial charge >= 0.3 is 0 Å². The molecule has 0 amide bonds. The van der Waals surface area contributed by atoms with E-state index in [9.17, 15) is 0 Å². The van der Waals surface area contributed by atoms with Crippen LogP contribution in [0.4, 0.5) is 34.1 Å². The number of hydrogen-bond acceptors (Lipinski definition) is 2. The maximum Gasteiger partial charge on any atom is 0.0540 e. The van der Waals surface area contributed by atoms with Crippen molar-refractivity contribution in [3.05, 3.63) is 242 Å². The molecule has 0 unspecified atom stereocenters. The van der Waals surface area contributed by atoms with Crippen molar-refractivity contribution in [2.45, 2.75) is 18.3 Å². The largest absolute Gasteiger partial charge is 0.311 e. The van der Waals surface area contributed by atoms with E-state index in [2.05, 4.69) is 240 Å². The second-order valence-corrected chi connectivity index (χ2v) is 16.5. The minimum atomic E-state index is 0.0271. The molecule has 0 bridgehead atoms. The molecule has 2 aliphatic rings. The summed E-state index contributed by atoms with van der Waals surface area (Å²) in [6.07, 6.45) is 2.33. The normalized spacial score (nSPS) is 13.2. The van der Waals surface area contributed by atoms with E-state index in [1.807, 2.05) is 0 Å². The smallest absolute Gasteiger partial charge is 0.0540 e. The topological polar surface area (TPSA) is 6.48 Å². The molecular weight excluding hydrogens is 737 g/mol. The van der Waals surface area contributed by atoms with Crippen LogP contribution >= 0.6 is 0 Å². The molecule has 0 heterocycles. The number of nitrogens with zero attached hydrogens (tertiary/aromatic N) is 2. The molecule has 0 saturated heterocycles. The van der Waals surface area contributed by atoms with Gasteiger partial charge in [0, 0.05) is 39.2 Å². The minimum Gasteiger partial charge on any atom is -0.311 e. The first kappa shape index (κ1) is 35.3. The van der Waals surface area contributed by atoms with Gasteiger partial charge < -0.3 is 9.80 Å². The molecule has 2 nitrogen and oxygen atoms in total. The van der Waals surface area contributed by atoms with E-state index in [1.54, 1.807) is 0 Å². The summed E-state index contributed by atoms with van der Waals surface area (Å²) < 4.78 is 0. The van der Waals surface area contributed by atoms with Crippen LogP contribution in [0.25, 0.3) is 54.9 Å². The lowest BCUT2D eigenvalue weighted by Crippen LogP contribution is -2.16. The summed E-state index contributed by atoms with van der Waals surface area (Å²) in [5, 5.41) is 5.23. The van der Waals surface area contributed by atoms with Crippen LogP contribution in [-0.2, 0) is 5.41 Å². The Hall–Kier alpha value is -7.68. The Morgan fingerprint density at radius 2 is 0.770 bits per heavy atom. The molecule has 1 saturated carbocycles. The lowest BCUT2D eigenvalue weighted by Gasteiger charge is -2.31. The summed E-state index contributed by atoms with van der Waals surface area (Å²) in [6, 6.07) is 84.4. The number of hydrogen-bond donors (Lipinski definition) is 0. The number of para-hydroxylation sites is 4. The number of anilines is 6. The summed E-state index contributed by atoms with van der Waals surface area (Å²) in [5.41, 5.74) is 17.6. The quantitative estimate of drug-likeness (QED) is 0.152. The van der Waals surface area contributed by atoms with Gasteiger partial charge in [0.2, 0.25) is 0 Å². The van der Waals surface area contributed by atoms with Crippen LogP contribution in [0, 0.1) is 0 Å². The molecule has 2 aliphatic carbocycles. The van der Waals surface area contributed by atoms with Crippen molar-refractivity contribution >= 4 is 55.7 Å². The van der Waals surface area contributed by atoms with Gasteiger partial charge in [0.1, 0.15) is 0 Å². The summed E-state index contributed by atoms with van der Waals surface area (Å²) in [5.74, 6) is 0. The van der Waals surface area contributed by atoms with E-state index in [1.165, 1.54) is 84.6 Å². The maximum atomic E-state index is 2.52. The zero-order chi connectivity index (χ0) is 40.3.